The normalized spacial score (nSPS) is 19.4. The lowest BCUT2D eigenvalue weighted by molar-refractivity contribution is 0.154. The fraction of sp³-hybridized carbons (Fsp3) is 0.647. The van der Waals surface area contributed by atoms with Gasteiger partial charge in [0, 0.05) is 0 Å². The lowest BCUT2D eigenvalue weighted by Gasteiger charge is -2.25. The van der Waals surface area contributed by atoms with Crippen molar-refractivity contribution in [3.63, 3.8) is 0 Å². The van der Waals surface area contributed by atoms with Crippen molar-refractivity contribution in [2.24, 2.45) is 5.92 Å². The Balaban J connectivity index is 1.93. The second kappa shape index (κ2) is 6.98. The van der Waals surface area contributed by atoms with Crippen LogP contribution in [0.3, 0.4) is 0 Å². The van der Waals surface area contributed by atoms with Crippen molar-refractivity contribution < 1.29 is 14.9 Å². The number of aryl methyl sites for hydroxylation is 1. The molecule has 3 heteroatoms. The smallest absolute Gasteiger partial charge is 0.160 e. The summed E-state index contributed by atoms with van der Waals surface area (Å²) >= 11 is 0. The van der Waals surface area contributed by atoms with Gasteiger partial charge in [0.15, 0.2) is 11.5 Å². The van der Waals surface area contributed by atoms with Crippen molar-refractivity contribution in [3.8, 4) is 11.5 Å². The summed E-state index contributed by atoms with van der Waals surface area (Å²) in [5.41, 5.74) is 2.57. The first kappa shape index (κ1) is 15.2. The van der Waals surface area contributed by atoms with Gasteiger partial charge in [-0.1, -0.05) is 19.8 Å². The van der Waals surface area contributed by atoms with Crippen molar-refractivity contribution >= 4 is 0 Å². The van der Waals surface area contributed by atoms with Crippen molar-refractivity contribution in [1.29, 1.82) is 0 Å². The maximum Gasteiger partial charge on any atom is 0.160 e. The molecule has 1 aliphatic carbocycles. The molecule has 1 aromatic carbocycles. The minimum absolute atomic E-state index is 0.136. The molecule has 0 heterocycles. The van der Waals surface area contributed by atoms with Crippen molar-refractivity contribution in [1.82, 2.24) is 0 Å². The Hall–Kier alpha value is -1.22. The quantitative estimate of drug-likeness (QED) is 0.838. The third-order valence-electron chi connectivity index (χ3n) is 4.45. The number of aliphatic hydroxyl groups excluding tert-OH is 1. The Labute approximate surface area is 121 Å². The number of benzene rings is 1. The van der Waals surface area contributed by atoms with Crippen LogP contribution in [0.1, 0.15) is 50.2 Å². The molecule has 3 nitrogen and oxygen atoms in total. The molecule has 2 rings (SSSR count). The third kappa shape index (κ3) is 3.66. The third-order valence-corrected chi connectivity index (χ3v) is 4.45. The molecule has 1 aliphatic rings. The minimum Gasteiger partial charge on any atom is -0.504 e. The first-order valence-corrected chi connectivity index (χ1v) is 7.70. The number of hydrogen-bond acceptors (Lipinski definition) is 3. The fourth-order valence-corrected chi connectivity index (χ4v) is 3.11. The van der Waals surface area contributed by atoms with Gasteiger partial charge in [-0.15, -0.1) is 0 Å². The molecule has 0 bridgehead atoms. The number of methoxy groups -OCH3 is 1. The SMILES string of the molecule is CCC(O)CCCC1CCc2cc(O)c(OC)cc2C1. The molecule has 0 fully saturated rings. The van der Waals surface area contributed by atoms with E-state index in [9.17, 15) is 10.2 Å². The number of fused-ring (bicyclic) bond motifs is 1. The molecule has 20 heavy (non-hydrogen) atoms. The lowest BCUT2D eigenvalue weighted by atomic mass is 9.81. The van der Waals surface area contributed by atoms with E-state index in [-0.39, 0.29) is 11.9 Å². The largest absolute Gasteiger partial charge is 0.504 e. The van der Waals surface area contributed by atoms with Crippen LogP contribution in [0.4, 0.5) is 0 Å². The predicted molar refractivity (Wildman–Crippen MR) is 80.3 cm³/mol. The molecule has 2 atom stereocenters. The molecule has 112 valence electrons. The van der Waals surface area contributed by atoms with Gasteiger partial charge in [0.25, 0.3) is 0 Å². The summed E-state index contributed by atoms with van der Waals surface area (Å²) in [4.78, 5) is 0. The number of phenols is 1. The van der Waals surface area contributed by atoms with Gasteiger partial charge >= 0.3 is 0 Å². The molecule has 0 spiro atoms. The van der Waals surface area contributed by atoms with Gasteiger partial charge in [0.2, 0.25) is 0 Å². The van der Waals surface area contributed by atoms with E-state index in [0.29, 0.717) is 11.7 Å². The monoisotopic (exact) mass is 278 g/mol. The molecule has 0 aromatic heterocycles. The van der Waals surface area contributed by atoms with Crippen molar-refractivity contribution in [2.75, 3.05) is 7.11 Å². The van der Waals surface area contributed by atoms with Gasteiger partial charge in [-0.2, -0.15) is 0 Å². The lowest BCUT2D eigenvalue weighted by Crippen LogP contribution is -2.15. The number of ether oxygens (including phenoxy) is 1. The first-order chi connectivity index (χ1) is 9.63. The number of rotatable bonds is 6. The maximum atomic E-state index is 9.81. The highest BCUT2D eigenvalue weighted by Crippen LogP contribution is 2.36. The van der Waals surface area contributed by atoms with Crippen molar-refractivity contribution in [3.05, 3.63) is 23.3 Å². The Morgan fingerprint density at radius 3 is 2.85 bits per heavy atom. The highest BCUT2D eigenvalue weighted by atomic mass is 16.5. The van der Waals surface area contributed by atoms with E-state index in [0.717, 1.165) is 32.1 Å². The van der Waals surface area contributed by atoms with E-state index in [1.54, 1.807) is 7.11 Å². The first-order valence-electron chi connectivity index (χ1n) is 7.70. The zero-order valence-corrected chi connectivity index (χ0v) is 12.6. The summed E-state index contributed by atoms with van der Waals surface area (Å²) in [5, 5.41) is 19.4. The second-order valence-electron chi connectivity index (χ2n) is 5.89. The summed E-state index contributed by atoms with van der Waals surface area (Å²) in [6.07, 6.45) is 7.19. The van der Waals surface area contributed by atoms with Crippen molar-refractivity contribution in [2.45, 2.75) is 58.0 Å². The van der Waals surface area contributed by atoms with Gasteiger partial charge in [-0.25, -0.2) is 0 Å². The van der Waals surface area contributed by atoms with Crippen LogP contribution in [0.25, 0.3) is 0 Å². The second-order valence-corrected chi connectivity index (χ2v) is 5.89. The van der Waals surface area contributed by atoms with Crippen LogP contribution in [0.2, 0.25) is 0 Å². The minimum atomic E-state index is -0.136. The molecule has 1 aromatic rings. The van der Waals surface area contributed by atoms with Crippen LogP contribution in [0.5, 0.6) is 11.5 Å². The Morgan fingerprint density at radius 1 is 1.35 bits per heavy atom. The topological polar surface area (TPSA) is 49.7 Å². The Kier molecular flexibility index (Phi) is 5.30. The van der Waals surface area contributed by atoms with Gasteiger partial charge in [0.05, 0.1) is 13.2 Å². The molecule has 0 saturated carbocycles. The predicted octanol–water partition coefficient (Wildman–Crippen LogP) is 3.45. The highest BCUT2D eigenvalue weighted by molar-refractivity contribution is 5.47. The molecule has 0 amide bonds. The molecular weight excluding hydrogens is 252 g/mol. The van der Waals surface area contributed by atoms with Crippen LogP contribution in [0.15, 0.2) is 12.1 Å². The van der Waals surface area contributed by atoms with E-state index < -0.39 is 0 Å². The van der Waals surface area contributed by atoms with Crippen LogP contribution in [-0.4, -0.2) is 23.4 Å². The van der Waals surface area contributed by atoms with Crippen LogP contribution >= 0.6 is 0 Å². The molecule has 0 radical (unpaired) electrons. The van der Waals surface area contributed by atoms with Gasteiger partial charge in [-0.3, -0.25) is 0 Å². The molecule has 2 unspecified atom stereocenters. The van der Waals surface area contributed by atoms with E-state index >= 15 is 0 Å². The maximum absolute atomic E-state index is 9.81. The summed E-state index contributed by atoms with van der Waals surface area (Å²) in [5.74, 6) is 1.52. The molecule has 0 aliphatic heterocycles. The fourth-order valence-electron chi connectivity index (χ4n) is 3.11. The number of aromatic hydroxyl groups is 1. The van der Waals surface area contributed by atoms with Gasteiger partial charge in [0.1, 0.15) is 0 Å². The summed E-state index contributed by atoms with van der Waals surface area (Å²) in [6.45, 7) is 2.03. The highest BCUT2D eigenvalue weighted by Gasteiger charge is 2.20. The number of phenolic OH excluding ortho intramolecular Hbond substituents is 1. The molecule has 2 N–H and O–H groups in total. The zero-order chi connectivity index (χ0) is 14.5. The average Bonchev–Trinajstić information content (AvgIpc) is 2.46. The summed E-state index contributed by atoms with van der Waals surface area (Å²) in [6, 6.07) is 3.84. The van der Waals surface area contributed by atoms with E-state index in [2.05, 4.69) is 0 Å². The van der Waals surface area contributed by atoms with Gasteiger partial charge in [-0.05, 0) is 61.3 Å². The van der Waals surface area contributed by atoms with Crippen LogP contribution < -0.4 is 4.74 Å². The van der Waals surface area contributed by atoms with E-state index in [1.807, 2.05) is 19.1 Å². The molecular formula is C17H26O3. The van der Waals surface area contributed by atoms with E-state index in [1.165, 1.54) is 24.0 Å². The zero-order valence-electron chi connectivity index (χ0n) is 12.6. The van der Waals surface area contributed by atoms with Gasteiger partial charge < -0.3 is 14.9 Å². The summed E-state index contributed by atoms with van der Waals surface area (Å²) < 4.78 is 5.19. The molecule has 0 saturated heterocycles. The number of aliphatic hydroxyl groups is 1. The number of hydrogen-bond donors (Lipinski definition) is 2. The van der Waals surface area contributed by atoms with Crippen LogP contribution in [-0.2, 0) is 12.8 Å². The van der Waals surface area contributed by atoms with E-state index in [4.69, 9.17) is 4.74 Å². The van der Waals surface area contributed by atoms with Crippen LogP contribution in [0, 0.1) is 5.92 Å². The average molecular weight is 278 g/mol. The standard InChI is InChI=1S/C17H26O3/c1-3-15(18)6-4-5-12-7-8-13-10-16(19)17(20-2)11-14(13)9-12/h10-12,15,18-19H,3-9H2,1-2H3. The Bertz CT molecular complexity index is 442. The summed E-state index contributed by atoms with van der Waals surface area (Å²) in [7, 11) is 1.59. The Morgan fingerprint density at radius 2 is 2.15 bits per heavy atom.